The van der Waals surface area contributed by atoms with Gasteiger partial charge in [-0.1, -0.05) is 12.1 Å². The normalized spacial score (nSPS) is 20.8. The van der Waals surface area contributed by atoms with Gasteiger partial charge in [-0.25, -0.2) is 4.39 Å². The van der Waals surface area contributed by atoms with Crippen LogP contribution in [-0.2, 0) is 11.2 Å². The van der Waals surface area contributed by atoms with Crippen molar-refractivity contribution < 1.29 is 9.18 Å². The number of amides is 1. The number of halogens is 1. The Morgan fingerprint density at radius 2 is 1.84 bits per heavy atom. The highest BCUT2D eigenvalue weighted by Crippen LogP contribution is 2.14. The molecule has 1 aromatic carbocycles. The van der Waals surface area contributed by atoms with Crippen molar-refractivity contribution in [1.82, 2.24) is 14.7 Å². The highest BCUT2D eigenvalue weighted by molar-refractivity contribution is 5.78. The molecule has 2 saturated heterocycles. The van der Waals surface area contributed by atoms with Crippen LogP contribution >= 0.6 is 0 Å². The number of likely N-dealkylation sites (tertiary alicyclic amines) is 1. The molecule has 2 aliphatic rings. The quantitative estimate of drug-likeness (QED) is 0.791. The number of piperazine rings is 1. The fourth-order valence-corrected chi connectivity index (χ4v) is 3.87. The van der Waals surface area contributed by atoms with E-state index in [1.54, 1.807) is 12.1 Å². The van der Waals surface area contributed by atoms with E-state index in [0.29, 0.717) is 18.5 Å². The summed E-state index contributed by atoms with van der Waals surface area (Å²) >= 11 is 0. The number of hydrogen-bond donors (Lipinski definition) is 0. The maximum absolute atomic E-state index is 13.3. The third-order valence-electron chi connectivity index (χ3n) is 5.59. The van der Waals surface area contributed by atoms with Gasteiger partial charge in [0.05, 0.1) is 6.54 Å². The molecule has 0 aliphatic carbocycles. The second-order valence-electron chi connectivity index (χ2n) is 7.42. The third kappa shape index (κ3) is 5.25. The molecule has 1 aromatic rings. The number of hydrogen-bond acceptors (Lipinski definition) is 3. The number of nitrogens with zero attached hydrogens (tertiary/aromatic N) is 3. The van der Waals surface area contributed by atoms with Crippen molar-refractivity contribution in [3.8, 4) is 0 Å². The molecule has 0 radical (unpaired) electrons. The average Bonchev–Trinajstić information content (AvgIpc) is 3.15. The first-order valence-electron chi connectivity index (χ1n) is 9.60. The summed E-state index contributed by atoms with van der Waals surface area (Å²) in [6, 6.07) is 7.40. The maximum Gasteiger partial charge on any atom is 0.236 e. The van der Waals surface area contributed by atoms with Gasteiger partial charge in [0.2, 0.25) is 5.91 Å². The van der Waals surface area contributed by atoms with E-state index in [1.165, 1.54) is 6.07 Å². The number of benzene rings is 1. The molecule has 0 spiro atoms. The number of carbonyl (C=O) groups is 1. The van der Waals surface area contributed by atoms with Crippen molar-refractivity contribution in [2.45, 2.75) is 38.6 Å². The summed E-state index contributed by atoms with van der Waals surface area (Å²) in [6.45, 7) is 8.66. The maximum atomic E-state index is 13.3. The smallest absolute Gasteiger partial charge is 0.236 e. The fourth-order valence-electron chi connectivity index (χ4n) is 3.87. The Labute approximate surface area is 150 Å². The van der Waals surface area contributed by atoms with Crippen LogP contribution in [0.1, 0.15) is 31.7 Å². The van der Waals surface area contributed by atoms with Crippen LogP contribution in [0.25, 0.3) is 0 Å². The predicted molar refractivity (Wildman–Crippen MR) is 98.0 cm³/mol. The Hall–Kier alpha value is -1.46. The monoisotopic (exact) mass is 347 g/mol. The lowest BCUT2D eigenvalue weighted by Gasteiger charge is -2.38. The zero-order valence-corrected chi connectivity index (χ0v) is 15.3. The van der Waals surface area contributed by atoms with Gasteiger partial charge < -0.3 is 4.90 Å². The third-order valence-corrected chi connectivity index (χ3v) is 5.59. The summed E-state index contributed by atoms with van der Waals surface area (Å²) < 4.78 is 13.3. The lowest BCUT2D eigenvalue weighted by Crippen LogP contribution is -2.52. The Balaban J connectivity index is 1.38. The van der Waals surface area contributed by atoms with Crippen LogP contribution in [0.2, 0.25) is 0 Å². The van der Waals surface area contributed by atoms with Crippen LogP contribution in [0.5, 0.6) is 0 Å². The highest BCUT2D eigenvalue weighted by Gasteiger charge is 2.25. The molecule has 2 fully saturated rings. The summed E-state index contributed by atoms with van der Waals surface area (Å²) in [4.78, 5) is 19.0. The molecule has 4 nitrogen and oxygen atoms in total. The Kier molecular flexibility index (Phi) is 6.43. The summed E-state index contributed by atoms with van der Waals surface area (Å²) in [5.41, 5.74) is 1.07. The van der Waals surface area contributed by atoms with Gasteiger partial charge in [0.15, 0.2) is 0 Å². The van der Waals surface area contributed by atoms with Gasteiger partial charge in [-0.2, -0.15) is 0 Å². The topological polar surface area (TPSA) is 26.8 Å². The molecule has 1 atom stereocenters. The van der Waals surface area contributed by atoms with Gasteiger partial charge in [0.1, 0.15) is 5.82 Å². The molecule has 25 heavy (non-hydrogen) atoms. The molecule has 0 saturated carbocycles. The minimum absolute atomic E-state index is 0.151. The average molecular weight is 347 g/mol. The molecule has 0 N–H and O–H groups in total. The highest BCUT2D eigenvalue weighted by atomic mass is 19.1. The van der Waals surface area contributed by atoms with Crippen LogP contribution in [0, 0.1) is 5.82 Å². The van der Waals surface area contributed by atoms with Gasteiger partial charge in [-0.3, -0.25) is 14.6 Å². The van der Waals surface area contributed by atoms with E-state index in [-0.39, 0.29) is 5.82 Å². The minimum atomic E-state index is -0.151. The lowest BCUT2D eigenvalue weighted by molar-refractivity contribution is -0.131. The second-order valence-corrected chi connectivity index (χ2v) is 7.42. The molecular formula is C20H30FN3O. The van der Waals surface area contributed by atoms with Crippen LogP contribution in [-0.4, -0.2) is 72.5 Å². The van der Waals surface area contributed by atoms with Gasteiger partial charge in [-0.15, -0.1) is 0 Å². The lowest BCUT2D eigenvalue weighted by atomic mass is 10.0. The Morgan fingerprint density at radius 3 is 2.52 bits per heavy atom. The molecule has 138 valence electrons. The number of carbonyl (C=O) groups excluding carboxylic acids is 1. The zero-order chi connectivity index (χ0) is 17.6. The van der Waals surface area contributed by atoms with Crippen molar-refractivity contribution in [2.24, 2.45) is 0 Å². The van der Waals surface area contributed by atoms with Crippen molar-refractivity contribution in [3.05, 3.63) is 35.6 Å². The minimum Gasteiger partial charge on any atom is -0.342 e. The molecule has 0 unspecified atom stereocenters. The summed E-state index contributed by atoms with van der Waals surface area (Å²) in [5.74, 6) is 0.145. The molecule has 0 bridgehead atoms. The van der Waals surface area contributed by atoms with Crippen LogP contribution in [0.3, 0.4) is 0 Å². The van der Waals surface area contributed by atoms with E-state index >= 15 is 0 Å². The van der Waals surface area contributed by atoms with Gasteiger partial charge >= 0.3 is 0 Å². The van der Waals surface area contributed by atoms with E-state index in [9.17, 15) is 9.18 Å². The first kappa shape index (κ1) is 18.3. The van der Waals surface area contributed by atoms with Crippen LogP contribution in [0.4, 0.5) is 4.39 Å². The van der Waals surface area contributed by atoms with E-state index in [0.717, 1.165) is 70.5 Å². The Bertz CT molecular complexity index is 566. The van der Waals surface area contributed by atoms with Crippen molar-refractivity contribution in [3.63, 3.8) is 0 Å². The second kappa shape index (κ2) is 8.77. The molecule has 2 aliphatic heterocycles. The molecular weight excluding hydrogens is 317 g/mol. The largest absolute Gasteiger partial charge is 0.342 e. The van der Waals surface area contributed by atoms with Crippen molar-refractivity contribution in [1.29, 1.82) is 0 Å². The molecule has 0 aromatic heterocycles. The summed E-state index contributed by atoms with van der Waals surface area (Å²) in [5, 5.41) is 0. The van der Waals surface area contributed by atoms with Crippen molar-refractivity contribution in [2.75, 3.05) is 45.8 Å². The molecule has 2 heterocycles. The SMILES string of the molecule is C[C@H](CCc1cccc(F)c1)N1CCN(CC(=O)N2CCCC2)CC1. The van der Waals surface area contributed by atoms with Crippen LogP contribution < -0.4 is 0 Å². The van der Waals surface area contributed by atoms with Gasteiger partial charge in [0, 0.05) is 45.3 Å². The zero-order valence-electron chi connectivity index (χ0n) is 15.3. The number of aryl methyl sites for hydroxylation is 1. The van der Waals surface area contributed by atoms with Gasteiger partial charge in [-0.05, 0) is 50.3 Å². The van der Waals surface area contributed by atoms with Gasteiger partial charge in [0.25, 0.3) is 0 Å². The molecule has 3 rings (SSSR count). The van der Waals surface area contributed by atoms with E-state index in [1.807, 2.05) is 11.0 Å². The van der Waals surface area contributed by atoms with E-state index in [2.05, 4.69) is 16.7 Å². The number of rotatable bonds is 6. The molecule has 5 heteroatoms. The summed E-state index contributed by atoms with van der Waals surface area (Å²) in [7, 11) is 0. The van der Waals surface area contributed by atoms with Crippen molar-refractivity contribution >= 4 is 5.91 Å². The molecule has 1 amide bonds. The summed E-state index contributed by atoms with van der Waals surface area (Å²) in [6.07, 6.45) is 4.26. The standard InChI is InChI=1S/C20H30FN3O/c1-17(7-8-18-5-4-6-19(21)15-18)23-13-11-22(12-14-23)16-20(25)24-9-2-3-10-24/h4-6,15,17H,2-3,7-14,16H2,1H3/t17-/m1/s1. The Morgan fingerprint density at radius 1 is 1.12 bits per heavy atom. The van der Waals surface area contributed by atoms with Crippen LogP contribution in [0.15, 0.2) is 24.3 Å². The first-order chi connectivity index (χ1) is 12.1. The van der Waals surface area contributed by atoms with E-state index in [4.69, 9.17) is 0 Å². The first-order valence-corrected chi connectivity index (χ1v) is 9.60. The fraction of sp³-hybridized carbons (Fsp3) is 0.650. The van der Waals surface area contributed by atoms with E-state index < -0.39 is 0 Å². The predicted octanol–water partition coefficient (Wildman–Crippen LogP) is 2.39.